The summed E-state index contributed by atoms with van der Waals surface area (Å²) in [5, 5.41) is 15.0. The molecule has 3 aromatic carbocycles. The molecule has 3 aromatic rings. The van der Waals surface area contributed by atoms with Crippen LogP contribution in [0.15, 0.2) is 0 Å². The number of aliphatic hydroxyl groups excluding tert-OH is 1. The molecule has 0 unspecified atom stereocenters. The molecular weight excluding hydrogens is 769 g/mol. The van der Waals surface area contributed by atoms with Crippen molar-refractivity contribution in [3.05, 3.63) is 91.9 Å². The van der Waals surface area contributed by atoms with Crippen LogP contribution in [0.2, 0.25) is 70.3 Å². The smallest absolute Gasteiger partial charge is 0.284 e. The fourth-order valence-corrected chi connectivity index (χ4v) is 6.94. The normalized spacial score (nSPS) is 11.3. The maximum absolute atomic E-state index is 9.68. The lowest BCUT2D eigenvalue weighted by molar-refractivity contribution is 0.298. The Bertz CT molecular complexity index is 1430. The lowest BCUT2D eigenvalue weighted by Crippen LogP contribution is -2.22. The molecular formula is C20H2Cl14O2. The van der Waals surface area contributed by atoms with Crippen LogP contribution in [0.5, 0.6) is 0 Å². The predicted molar refractivity (Wildman–Crippen MR) is 159 cm³/mol. The molecule has 0 aliphatic rings. The van der Waals surface area contributed by atoms with Crippen molar-refractivity contribution in [1.29, 1.82) is 0 Å². The van der Waals surface area contributed by atoms with Crippen LogP contribution in [0.3, 0.4) is 0 Å². The van der Waals surface area contributed by atoms with Crippen LogP contribution in [0.4, 0.5) is 0 Å². The number of halogens is 14. The minimum atomic E-state index is -1.26. The Morgan fingerprint density at radius 1 is 0.306 bits per heavy atom. The maximum atomic E-state index is 9.68. The van der Waals surface area contributed by atoms with Gasteiger partial charge in [0.15, 0.2) is 0 Å². The van der Waals surface area contributed by atoms with Gasteiger partial charge >= 0.3 is 0 Å². The van der Waals surface area contributed by atoms with E-state index in [0.717, 1.165) is 0 Å². The zero-order valence-corrected chi connectivity index (χ0v) is 26.8. The zero-order valence-electron chi connectivity index (χ0n) is 16.2. The van der Waals surface area contributed by atoms with E-state index in [4.69, 9.17) is 162 Å². The number of benzene rings is 3. The Hall–Kier alpha value is 1.06. The molecule has 0 atom stereocenters. The average molecular weight is 771 g/mol. The lowest BCUT2D eigenvalue weighted by Gasteiger charge is -2.21. The second kappa shape index (κ2) is 11.9. The second-order valence-electron chi connectivity index (χ2n) is 6.59. The number of hydrogen-bond acceptors (Lipinski definition) is 2. The van der Waals surface area contributed by atoms with Crippen molar-refractivity contribution in [3.8, 4) is 0 Å². The van der Waals surface area contributed by atoms with Crippen LogP contribution in [-0.2, 0) is 0 Å². The van der Waals surface area contributed by atoms with E-state index in [-0.39, 0.29) is 82.2 Å². The van der Waals surface area contributed by atoms with Gasteiger partial charge in [0.25, 0.3) is 5.95 Å². The molecule has 192 valence electrons. The Labute approximate surface area is 273 Å². The van der Waals surface area contributed by atoms with Crippen molar-refractivity contribution in [2.45, 2.75) is 0 Å². The van der Waals surface area contributed by atoms with Crippen LogP contribution >= 0.6 is 162 Å². The molecule has 0 radical (unpaired) electrons. The topological polar surface area (TPSA) is 40.5 Å². The van der Waals surface area contributed by atoms with E-state index >= 15 is 0 Å². The first-order valence-corrected chi connectivity index (χ1v) is 13.9. The van der Waals surface area contributed by atoms with Gasteiger partial charge in [-0.15, -0.1) is 0 Å². The molecule has 2 nitrogen and oxygen atoms in total. The van der Waals surface area contributed by atoms with Gasteiger partial charge < -0.3 is 10.2 Å². The van der Waals surface area contributed by atoms with E-state index in [9.17, 15) is 10.2 Å². The standard InChI is InChI=1S/C20H2Cl14O2/c21-6-2(7(22)13(28)5(12(6)27)20(35)36)1(3-8(23)14(29)18(33)15(30)9(3)24)4-10(25)16(31)19(34)17(32)11(4)26/h35-36H. The van der Waals surface area contributed by atoms with Gasteiger partial charge in [0.05, 0.1) is 75.5 Å². The molecule has 0 bridgehead atoms. The number of aliphatic hydroxyl groups is 2. The molecule has 0 heterocycles. The van der Waals surface area contributed by atoms with Crippen LogP contribution in [0.1, 0.15) is 11.1 Å². The third-order valence-corrected chi connectivity index (χ3v) is 10.9. The van der Waals surface area contributed by atoms with E-state index in [2.05, 4.69) is 0 Å². The van der Waals surface area contributed by atoms with Crippen molar-refractivity contribution < 1.29 is 10.2 Å². The van der Waals surface area contributed by atoms with Gasteiger partial charge in [-0.1, -0.05) is 162 Å². The molecule has 36 heavy (non-hydrogen) atoms. The molecule has 0 spiro atoms. The summed E-state index contributed by atoms with van der Waals surface area (Å²) in [6.07, 6.45) is 0. The summed E-state index contributed by atoms with van der Waals surface area (Å²) in [5.74, 6) is -1.26. The van der Waals surface area contributed by atoms with E-state index in [1.165, 1.54) is 0 Å². The van der Waals surface area contributed by atoms with Gasteiger partial charge in [-0.2, -0.15) is 0 Å². The minimum absolute atomic E-state index is 0.128. The van der Waals surface area contributed by atoms with Crippen molar-refractivity contribution in [1.82, 2.24) is 0 Å². The highest BCUT2D eigenvalue weighted by atomic mass is 35.5. The molecule has 0 amide bonds. The van der Waals surface area contributed by atoms with E-state index in [1.54, 1.807) is 0 Å². The molecule has 0 fully saturated rings. The van der Waals surface area contributed by atoms with Gasteiger partial charge in [0, 0.05) is 21.9 Å². The van der Waals surface area contributed by atoms with Crippen molar-refractivity contribution >= 4 is 174 Å². The third kappa shape index (κ3) is 5.13. The zero-order chi connectivity index (χ0) is 27.5. The summed E-state index contributed by atoms with van der Waals surface area (Å²) >= 11 is 89.5. The highest BCUT2D eigenvalue weighted by molar-refractivity contribution is 6.58. The highest BCUT2D eigenvalue weighted by Gasteiger charge is 2.31. The summed E-state index contributed by atoms with van der Waals surface area (Å²) in [5.41, 5.74) is -0.405. The molecule has 0 aliphatic carbocycles. The first kappa shape index (κ1) is 31.6. The second-order valence-corrected chi connectivity index (χ2v) is 11.9. The summed E-state index contributed by atoms with van der Waals surface area (Å²) in [4.78, 5) is 0. The van der Waals surface area contributed by atoms with Crippen molar-refractivity contribution in [2.75, 3.05) is 0 Å². The fourth-order valence-electron chi connectivity index (χ4n) is 3.07. The van der Waals surface area contributed by atoms with Crippen LogP contribution in [0.25, 0.3) is 11.5 Å². The third-order valence-electron chi connectivity index (χ3n) is 4.66. The van der Waals surface area contributed by atoms with Crippen LogP contribution < -0.4 is 10.4 Å². The molecule has 2 N–H and O–H groups in total. The number of rotatable bonds is 2. The van der Waals surface area contributed by atoms with Crippen LogP contribution in [0, 0.1) is 0 Å². The quantitative estimate of drug-likeness (QED) is 0.201. The first-order valence-electron chi connectivity index (χ1n) is 8.59. The Morgan fingerprint density at radius 3 is 0.778 bits per heavy atom. The molecule has 0 aliphatic heterocycles. The van der Waals surface area contributed by atoms with Gasteiger partial charge in [-0.05, 0) is 0 Å². The maximum Gasteiger partial charge on any atom is 0.284 e. The molecule has 0 saturated heterocycles. The van der Waals surface area contributed by atoms with E-state index < -0.39 is 21.2 Å². The minimum Gasteiger partial charge on any atom is -0.481 e. The first-order chi connectivity index (χ1) is 16.6. The average Bonchev–Trinajstić information content (AvgIpc) is 2.82. The lowest BCUT2D eigenvalue weighted by atomic mass is 9.94. The molecule has 16 heteroatoms. The Kier molecular flexibility index (Phi) is 10.4. The summed E-state index contributed by atoms with van der Waals surface area (Å²) in [6.45, 7) is 0. The fraction of sp³-hybridized carbons (Fsp3) is 0. The highest BCUT2D eigenvalue weighted by Crippen LogP contribution is 2.52. The summed E-state index contributed by atoms with van der Waals surface area (Å²) < 4.78 is 0. The van der Waals surface area contributed by atoms with Gasteiger partial charge in [-0.25, -0.2) is 0 Å². The largest absolute Gasteiger partial charge is 0.481 e. The van der Waals surface area contributed by atoms with Crippen LogP contribution in [-0.4, -0.2) is 10.2 Å². The molecule has 3 rings (SSSR count). The van der Waals surface area contributed by atoms with Crippen molar-refractivity contribution in [2.24, 2.45) is 0 Å². The van der Waals surface area contributed by atoms with Crippen molar-refractivity contribution in [3.63, 3.8) is 0 Å². The number of hydrogen-bond donors (Lipinski definition) is 2. The monoisotopic (exact) mass is 764 g/mol. The molecule has 0 aromatic heterocycles. The molecule has 0 saturated carbocycles. The van der Waals surface area contributed by atoms with E-state index in [0.29, 0.717) is 0 Å². The Morgan fingerprint density at radius 2 is 0.528 bits per heavy atom. The predicted octanol–water partition coefficient (Wildman–Crippen LogP) is 12.3. The summed E-state index contributed by atoms with van der Waals surface area (Å²) in [6, 6.07) is 0. The SMILES string of the molecule is OC(O)=c1c(Cl)c(Cl)c(=C(c2c(Cl)c(Cl)c(Cl)c(Cl)c2Cl)c2c(Cl)c(Cl)c(Cl)c(Cl)c2Cl)c(Cl)c1Cl. The van der Waals surface area contributed by atoms with Gasteiger partial charge in [0.2, 0.25) is 0 Å². The summed E-state index contributed by atoms with van der Waals surface area (Å²) in [7, 11) is 0. The van der Waals surface area contributed by atoms with Gasteiger partial charge in [0.1, 0.15) is 0 Å². The van der Waals surface area contributed by atoms with Gasteiger partial charge in [-0.3, -0.25) is 0 Å². The Balaban J connectivity index is 2.91. The van der Waals surface area contributed by atoms with E-state index in [1.807, 2.05) is 0 Å².